The molecule has 1 saturated carbocycles. The lowest BCUT2D eigenvalue weighted by molar-refractivity contribution is 0.320. The Balaban J connectivity index is 2.05. The molecular weight excluding hydrogens is 156 g/mol. The van der Waals surface area contributed by atoms with Crippen molar-refractivity contribution in [1.29, 1.82) is 0 Å². The Morgan fingerprint density at radius 3 is 2.64 bits per heavy atom. The minimum absolute atomic E-state index is 0.188. The van der Waals surface area contributed by atoms with Crippen LogP contribution < -0.4 is 5.73 Å². The first-order valence-electron chi connectivity index (χ1n) is 4.13. The first kappa shape index (κ1) is 9.36. The van der Waals surface area contributed by atoms with Gasteiger partial charge in [0.2, 0.25) is 0 Å². The monoisotopic (exact) mass is 174 g/mol. The zero-order chi connectivity index (χ0) is 8.32. The van der Waals surface area contributed by atoms with E-state index in [-0.39, 0.29) is 5.54 Å². The van der Waals surface area contributed by atoms with Crippen LogP contribution in [0.1, 0.15) is 12.8 Å². The summed E-state index contributed by atoms with van der Waals surface area (Å²) in [6, 6.07) is 0. The van der Waals surface area contributed by atoms with Gasteiger partial charge in [0.1, 0.15) is 0 Å². The molecule has 0 spiro atoms. The Labute approximate surface area is 73.5 Å². The van der Waals surface area contributed by atoms with Gasteiger partial charge in [-0.3, -0.25) is 0 Å². The van der Waals surface area contributed by atoms with E-state index in [1.54, 1.807) is 0 Å². The minimum atomic E-state index is 0.188. The summed E-state index contributed by atoms with van der Waals surface area (Å²) in [7, 11) is 2.16. The van der Waals surface area contributed by atoms with E-state index < -0.39 is 0 Å². The van der Waals surface area contributed by atoms with Crippen LogP contribution in [0.5, 0.6) is 0 Å². The summed E-state index contributed by atoms with van der Waals surface area (Å²) in [5.41, 5.74) is 6.16. The van der Waals surface area contributed by atoms with Crippen molar-refractivity contribution in [2.75, 3.05) is 32.1 Å². The fourth-order valence-electron chi connectivity index (χ4n) is 1.18. The average Bonchev–Trinajstić information content (AvgIpc) is 2.63. The van der Waals surface area contributed by atoms with Crippen LogP contribution >= 0.6 is 11.8 Å². The van der Waals surface area contributed by atoms with Crippen LogP contribution in [-0.4, -0.2) is 42.6 Å². The summed E-state index contributed by atoms with van der Waals surface area (Å²) in [6.45, 7) is 2.24. The van der Waals surface area contributed by atoms with Crippen LogP contribution in [0, 0.1) is 0 Å². The van der Waals surface area contributed by atoms with Gasteiger partial charge in [0.05, 0.1) is 0 Å². The molecule has 1 rings (SSSR count). The van der Waals surface area contributed by atoms with Gasteiger partial charge in [-0.15, -0.1) is 0 Å². The normalized spacial score (nSPS) is 20.7. The van der Waals surface area contributed by atoms with Crippen LogP contribution in [0.2, 0.25) is 0 Å². The number of hydrogen-bond donors (Lipinski definition) is 1. The molecule has 0 aromatic rings. The Morgan fingerprint density at radius 2 is 2.18 bits per heavy atom. The van der Waals surface area contributed by atoms with Crippen LogP contribution in [0.3, 0.4) is 0 Å². The quantitative estimate of drug-likeness (QED) is 0.667. The zero-order valence-electron chi connectivity index (χ0n) is 7.47. The highest BCUT2D eigenvalue weighted by molar-refractivity contribution is 7.98. The first-order chi connectivity index (χ1) is 5.16. The van der Waals surface area contributed by atoms with Crippen LogP contribution in [0.4, 0.5) is 0 Å². The van der Waals surface area contributed by atoms with Crippen molar-refractivity contribution in [2.24, 2.45) is 5.73 Å². The summed E-state index contributed by atoms with van der Waals surface area (Å²) in [4.78, 5) is 2.34. The second-order valence-corrected chi connectivity index (χ2v) is 4.58. The molecule has 0 heterocycles. The SMILES string of the molecule is CSCCN(C)CC1(N)CC1. The maximum Gasteiger partial charge on any atom is 0.0284 e. The third-order valence-electron chi connectivity index (χ3n) is 2.15. The van der Waals surface area contributed by atoms with Gasteiger partial charge in [0.25, 0.3) is 0 Å². The Kier molecular flexibility index (Phi) is 3.22. The third-order valence-corrected chi connectivity index (χ3v) is 2.74. The smallest absolute Gasteiger partial charge is 0.0284 e. The van der Waals surface area contributed by atoms with Crippen LogP contribution in [0.25, 0.3) is 0 Å². The fourth-order valence-corrected chi connectivity index (χ4v) is 1.68. The Morgan fingerprint density at radius 1 is 1.55 bits per heavy atom. The minimum Gasteiger partial charge on any atom is -0.324 e. The number of rotatable bonds is 5. The van der Waals surface area contributed by atoms with Crippen molar-refractivity contribution in [2.45, 2.75) is 18.4 Å². The number of thioether (sulfide) groups is 1. The molecule has 1 fully saturated rings. The van der Waals surface area contributed by atoms with E-state index in [9.17, 15) is 0 Å². The average molecular weight is 174 g/mol. The van der Waals surface area contributed by atoms with E-state index in [0.717, 1.165) is 6.54 Å². The highest BCUT2D eigenvalue weighted by atomic mass is 32.2. The molecule has 0 amide bonds. The van der Waals surface area contributed by atoms with Crippen molar-refractivity contribution in [3.8, 4) is 0 Å². The zero-order valence-corrected chi connectivity index (χ0v) is 8.28. The molecule has 0 saturated heterocycles. The summed E-state index contributed by atoms with van der Waals surface area (Å²) < 4.78 is 0. The number of hydrogen-bond acceptors (Lipinski definition) is 3. The molecule has 0 atom stereocenters. The molecule has 1 aliphatic carbocycles. The summed E-state index contributed by atoms with van der Waals surface area (Å²) >= 11 is 1.89. The van der Waals surface area contributed by atoms with Gasteiger partial charge in [-0.1, -0.05) is 0 Å². The molecule has 0 aliphatic heterocycles. The van der Waals surface area contributed by atoms with Crippen molar-refractivity contribution < 1.29 is 0 Å². The van der Waals surface area contributed by atoms with E-state index in [4.69, 9.17) is 5.73 Å². The van der Waals surface area contributed by atoms with Gasteiger partial charge in [0, 0.05) is 24.4 Å². The van der Waals surface area contributed by atoms with Crippen molar-refractivity contribution in [1.82, 2.24) is 4.90 Å². The molecule has 3 heteroatoms. The maximum absolute atomic E-state index is 5.97. The van der Waals surface area contributed by atoms with E-state index in [0.29, 0.717) is 0 Å². The molecule has 66 valence electrons. The van der Waals surface area contributed by atoms with Crippen molar-refractivity contribution >= 4 is 11.8 Å². The molecule has 0 radical (unpaired) electrons. The first-order valence-corrected chi connectivity index (χ1v) is 5.52. The molecule has 2 N–H and O–H groups in total. The van der Waals surface area contributed by atoms with Gasteiger partial charge in [-0.05, 0) is 26.1 Å². The Hall–Kier alpha value is 0.270. The summed E-state index contributed by atoms with van der Waals surface area (Å²) in [5, 5.41) is 0. The highest BCUT2D eigenvalue weighted by Gasteiger charge is 2.38. The van der Waals surface area contributed by atoms with Gasteiger partial charge < -0.3 is 10.6 Å². The van der Waals surface area contributed by atoms with Gasteiger partial charge in [0.15, 0.2) is 0 Å². The molecule has 11 heavy (non-hydrogen) atoms. The third kappa shape index (κ3) is 3.45. The molecule has 0 aromatic heterocycles. The largest absolute Gasteiger partial charge is 0.324 e. The van der Waals surface area contributed by atoms with Gasteiger partial charge >= 0.3 is 0 Å². The lowest BCUT2D eigenvalue weighted by Crippen LogP contribution is -2.38. The fraction of sp³-hybridized carbons (Fsp3) is 1.00. The van der Waals surface area contributed by atoms with Crippen molar-refractivity contribution in [3.63, 3.8) is 0 Å². The number of nitrogens with two attached hydrogens (primary N) is 1. The van der Waals surface area contributed by atoms with Gasteiger partial charge in [-0.25, -0.2) is 0 Å². The Bertz CT molecular complexity index is 123. The maximum atomic E-state index is 5.97. The summed E-state index contributed by atoms with van der Waals surface area (Å²) in [6.07, 6.45) is 4.58. The van der Waals surface area contributed by atoms with E-state index in [1.165, 1.54) is 25.1 Å². The molecule has 0 unspecified atom stereocenters. The topological polar surface area (TPSA) is 29.3 Å². The molecule has 0 aromatic carbocycles. The molecule has 0 bridgehead atoms. The van der Waals surface area contributed by atoms with Crippen LogP contribution in [-0.2, 0) is 0 Å². The van der Waals surface area contributed by atoms with Crippen molar-refractivity contribution in [3.05, 3.63) is 0 Å². The highest BCUT2D eigenvalue weighted by Crippen LogP contribution is 2.32. The standard InChI is InChI=1S/C8H18N2S/c1-10(5-6-11-2)7-8(9)3-4-8/h3-7,9H2,1-2H3. The number of likely N-dealkylation sites (N-methyl/N-ethyl adjacent to an activating group) is 1. The second-order valence-electron chi connectivity index (χ2n) is 3.59. The van der Waals surface area contributed by atoms with E-state index in [2.05, 4.69) is 18.2 Å². The van der Waals surface area contributed by atoms with Crippen LogP contribution in [0.15, 0.2) is 0 Å². The predicted octanol–water partition coefficient (Wildman–Crippen LogP) is 0.773. The molecular formula is C8H18N2S. The van der Waals surface area contributed by atoms with E-state index >= 15 is 0 Å². The summed E-state index contributed by atoms with van der Waals surface area (Å²) in [5.74, 6) is 1.21. The lowest BCUT2D eigenvalue weighted by Gasteiger charge is -2.19. The predicted molar refractivity (Wildman–Crippen MR) is 52.0 cm³/mol. The van der Waals surface area contributed by atoms with Gasteiger partial charge in [-0.2, -0.15) is 11.8 Å². The lowest BCUT2D eigenvalue weighted by atomic mass is 10.3. The van der Waals surface area contributed by atoms with E-state index in [1.807, 2.05) is 11.8 Å². The molecule has 2 nitrogen and oxygen atoms in total. The molecule has 1 aliphatic rings. The number of nitrogens with zero attached hydrogens (tertiary/aromatic N) is 1. The second kappa shape index (κ2) is 3.78.